The topological polar surface area (TPSA) is 105 Å². The highest BCUT2D eigenvalue weighted by Gasteiger charge is 2.36. The molecule has 1 aromatic heterocycles. The maximum atomic E-state index is 13.0. The molecule has 0 spiro atoms. The number of nitrogens with one attached hydrogen (secondary N) is 1. The van der Waals surface area contributed by atoms with Crippen LogP contribution in [0.2, 0.25) is 0 Å². The zero-order valence-electron chi connectivity index (χ0n) is 17.5. The molecule has 3 rings (SSSR count). The van der Waals surface area contributed by atoms with E-state index >= 15 is 0 Å². The molecule has 1 aliphatic rings. The van der Waals surface area contributed by atoms with Crippen molar-refractivity contribution in [3.8, 4) is 0 Å². The van der Waals surface area contributed by atoms with Gasteiger partial charge in [-0.05, 0) is 38.5 Å². The molecule has 9 heteroatoms. The van der Waals surface area contributed by atoms with Crippen molar-refractivity contribution in [1.29, 1.82) is 0 Å². The summed E-state index contributed by atoms with van der Waals surface area (Å²) >= 11 is 0. The number of amides is 3. The van der Waals surface area contributed by atoms with E-state index in [1.165, 1.54) is 12.6 Å². The molecule has 0 saturated carbocycles. The van der Waals surface area contributed by atoms with Gasteiger partial charge in [-0.1, -0.05) is 12.1 Å². The monoisotopic (exact) mass is 414 g/mol. The lowest BCUT2D eigenvalue weighted by Crippen LogP contribution is -2.53. The number of rotatable bonds is 3. The Labute approximate surface area is 175 Å². The zero-order chi connectivity index (χ0) is 21.9. The first-order chi connectivity index (χ1) is 14.2. The molecule has 0 bridgehead atoms. The zero-order valence-corrected chi connectivity index (χ0v) is 17.5. The molecule has 1 fully saturated rings. The number of ether oxygens (including phenoxy) is 1. The van der Waals surface area contributed by atoms with Gasteiger partial charge in [0.25, 0.3) is 11.8 Å². The fourth-order valence-electron chi connectivity index (χ4n) is 3.30. The number of aromatic nitrogens is 1. The number of hydrogen-bond donors (Lipinski definition) is 1. The van der Waals surface area contributed by atoms with Crippen LogP contribution >= 0.6 is 0 Å². The third-order valence-electron chi connectivity index (χ3n) is 4.70. The maximum Gasteiger partial charge on any atom is 0.410 e. The molecule has 1 N–H and O–H groups in total. The van der Waals surface area contributed by atoms with Gasteiger partial charge in [0.2, 0.25) is 5.76 Å². The summed E-state index contributed by atoms with van der Waals surface area (Å²) in [7, 11) is 1.56. The SMILES string of the molecule is CNC(=O)c1cccc([C@H]2CN(C(=O)OC(C)(C)C)CCN2C(=O)c2cnco2)c1. The van der Waals surface area contributed by atoms with Crippen molar-refractivity contribution in [2.24, 2.45) is 0 Å². The first kappa shape index (κ1) is 21.4. The standard InChI is InChI=1S/C21H26N4O5/c1-21(2,3)30-20(28)24-8-9-25(19(27)17-11-23-13-29-17)16(12-24)14-6-5-7-15(10-14)18(26)22-4/h5-7,10-11,13,16H,8-9,12H2,1-4H3,(H,22,26)/t16-/m1/s1. The molecule has 2 aromatic rings. The van der Waals surface area contributed by atoms with Crippen LogP contribution in [0.25, 0.3) is 0 Å². The third kappa shape index (κ3) is 4.79. The van der Waals surface area contributed by atoms with Gasteiger partial charge >= 0.3 is 6.09 Å². The lowest BCUT2D eigenvalue weighted by Gasteiger charge is -2.41. The number of oxazole rings is 1. The normalized spacial score (nSPS) is 16.9. The van der Waals surface area contributed by atoms with Crippen LogP contribution < -0.4 is 5.32 Å². The van der Waals surface area contributed by atoms with Crippen molar-refractivity contribution in [3.63, 3.8) is 0 Å². The second kappa shape index (κ2) is 8.56. The Morgan fingerprint density at radius 3 is 2.63 bits per heavy atom. The molecule has 9 nitrogen and oxygen atoms in total. The third-order valence-corrected chi connectivity index (χ3v) is 4.70. The first-order valence-corrected chi connectivity index (χ1v) is 9.69. The van der Waals surface area contributed by atoms with E-state index in [1.54, 1.807) is 55.8 Å². The van der Waals surface area contributed by atoms with Crippen LogP contribution in [-0.4, -0.2) is 65.0 Å². The van der Waals surface area contributed by atoms with E-state index in [4.69, 9.17) is 9.15 Å². The van der Waals surface area contributed by atoms with Crippen LogP contribution in [0.5, 0.6) is 0 Å². The Hall–Kier alpha value is -3.36. The number of hydrogen-bond acceptors (Lipinski definition) is 6. The molecule has 2 heterocycles. The Morgan fingerprint density at radius 1 is 1.23 bits per heavy atom. The number of nitrogens with zero attached hydrogens (tertiary/aromatic N) is 3. The smallest absolute Gasteiger partial charge is 0.410 e. The molecule has 1 aromatic carbocycles. The summed E-state index contributed by atoms with van der Waals surface area (Å²) in [5.74, 6) is -0.440. The van der Waals surface area contributed by atoms with Crippen molar-refractivity contribution in [1.82, 2.24) is 20.1 Å². The van der Waals surface area contributed by atoms with Crippen molar-refractivity contribution >= 4 is 17.9 Å². The van der Waals surface area contributed by atoms with Crippen molar-refractivity contribution in [3.05, 3.63) is 53.7 Å². The van der Waals surface area contributed by atoms with Crippen molar-refractivity contribution in [2.75, 3.05) is 26.7 Å². The molecular weight excluding hydrogens is 388 g/mol. The van der Waals surface area contributed by atoms with Crippen LogP contribution in [0, 0.1) is 0 Å². The summed E-state index contributed by atoms with van der Waals surface area (Å²) in [4.78, 5) is 44.7. The second-order valence-corrected chi connectivity index (χ2v) is 8.01. The van der Waals surface area contributed by atoms with Gasteiger partial charge in [-0.2, -0.15) is 0 Å². The fourth-order valence-corrected chi connectivity index (χ4v) is 3.30. The summed E-state index contributed by atoms with van der Waals surface area (Å²) in [6.45, 7) is 6.25. The summed E-state index contributed by atoms with van der Waals surface area (Å²) in [6, 6.07) is 6.52. The number of carbonyl (C=O) groups excluding carboxylic acids is 3. The largest absolute Gasteiger partial charge is 0.444 e. The molecule has 1 aliphatic heterocycles. The van der Waals surface area contributed by atoms with Gasteiger partial charge in [-0.3, -0.25) is 9.59 Å². The Balaban J connectivity index is 1.92. The Bertz CT molecular complexity index is 920. The summed E-state index contributed by atoms with van der Waals surface area (Å²) in [6.07, 6.45) is 2.12. The highest BCUT2D eigenvalue weighted by atomic mass is 16.6. The van der Waals surface area contributed by atoms with Crippen LogP contribution in [-0.2, 0) is 4.74 Å². The average molecular weight is 414 g/mol. The minimum Gasteiger partial charge on any atom is -0.444 e. The summed E-state index contributed by atoms with van der Waals surface area (Å²) in [5.41, 5.74) is 0.576. The van der Waals surface area contributed by atoms with E-state index in [0.29, 0.717) is 12.1 Å². The van der Waals surface area contributed by atoms with E-state index in [2.05, 4.69) is 10.3 Å². The molecule has 0 aliphatic carbocycles. The van der Waals surface area contributed by atoms with Gasteiger partial charge in [0.05, 0.1) is 12.2 Å². The molecule has 1 atom stereocenters. The lowest BCUT2D eigenvalue weighted by molar-refractivity contribution is 0.00345. The predicted molar refractivity (Wildman–Crippen MR) is 108 cm³/mol. The van der Waals surface area contributed by atoms with Crippen LogP contribution in [0.3, 0.4) is 0 Å². The fraction of sp³-hybridized carbons (Fsp3) is 0.429. The molecule has 30 heavy (non-hydrogen) atoms. The van der Waals surface area contributed by atoms with Crippen LogP contribution in [0.15, 0.2) is 41.3 Å². The van der Waals surface area contributed by atoms with E-state index in [9.17, 15) is 14.4 Å². The minimum absolute atomic E-state index is 0.119. The van der Waals surface area contributed by atoms with Gasteiger partial charge < -0.3 is 24.3 Å². The van der Waals surface area contributed by atoms with E-state index in [-0.39, 0.29) is 30.7 Å². The van der Waals surface area contributed by atoms with Gasteiger partial charge in [0.15, 0.2) is 6.39 Å². The van der Waals surface area contributed by atoms with Crippen molar-refractivity contribution in [2.45, 2.75) is 32.4 Å². The Kier molecular flexibility index (Phi) is 6.09. The number of carbonyl (C=O) groups is 3. The lowest BCUT2D eigenvalue weighted by atomic mass is 9.99. The molecule has 3 amide bonds. The van der Waals surface area contributed by atoms with Gasteiger partial charge in [-0.15, -0.1) is 0 Å². The van der Waals surface area contributed by atoms with Crippen LogP contribution in [0.1, 0.15) is 53.3 Å². The van der Waals surface area contributed by atoms with E-state index in [1.807, 2.05) is 6.07 Å². The second-order valence-electron chi connectivity index (χ2n) is 8.01. The maximum absolute atomic E-state index is 13.0. The predicted octanol–water partition coefficient (Wildman–Crippen LogP) is 2.47. The summed E-state index contributed by atoms with van der Waals surface area (Å²) < 4.78 is 10.7. The Morgan fingerprint density at radius 2 is 2.00 bits per heavy atom. The quantitative estimate of drug-likeness (QED) is 0.827. The average Bonchev–Trinajstić information content (AvgIpc) is 3.26. The highest BCUT2D eigenvalue weighted by molar-refractivity contribution is 5.94. The molecule has 1 saturated heterocycles. The van der Waals surface area contributed by atoms with E-state index in [0.717, 1.165) is 5.56 Å². The molecule has 0 unspecified atom stereocenters. The minimum atomic E-state index is -0.626. The van der Waals surface area contributed by atoms with Gasteiger partial charge in [-0.25, -0.2) is 9.78 Å². The van der Waals surface area contributed by atoms with Crippen LogP contribution in [0.4, 0.5) is 4.79 Å². The molecule has 0 radical (unpaired) electrons. The van der Waals surface area contributed by atoms with Gasteiger partial charge in [0, 0.05) is 32.2 Å². The van der Waals surface area contributed by atoms with Gasteiger partial charge in [0.1, 0.15) is 5.60 Å². The number of piperazine rings is 1. The highest BCUT2D eigenvalue weighted by Crippen LogP contribution is 2.29. The molecule has 160 valence electrons. The van der Waals surface area contributed by atoms with Crippen molar-refractivity contribution < 1.29 is 23.5 Å². The summed E-state index contributed by atoms with van der Waals surface area (Å²) in [5, 5.41) is 2.59. The first-order valence-electron chi connectivity index (χ1n) is 9.69. The number of benzene rings is 1. The molecular formula is C21H26N4O5. The van der Waals surface area contributed by atoms with E-state index < -0.39 is 17.7 Å².